The molecule has 3 aromatic carbocycles. The van der Waals surface area contributed by atoms with Crippen molar-refractivity contribution in [3.05, 3.63) is 75.7 Å². The van der Waals surface area contributed by atoms with Gasteiger partial charge in [0.25, 0.3) is 10.0 Å². The molecular formula is C33H39BrClN3O7S. The second-order valence-corrected chi connectivity index (χ2v) is 14.2. The van der Waals surface area contributed by atoms with Crippen molar-refractivity contribution in [1.82, 2.24) is 10.2 Å². The number of hydrogen-bond donors (Lipinski definition) is 1. The maximum absolute atomic E-state index is 14.4. The summed E-state index contributed by atoms with van der Waals surface area (Å²) in [6.07, 6.45) is 4.95. The Labute approximate surface area is 284 Å². The molecule has 4 rings (SSSR count). The maximum Gasteiger partial charge on any atom is 0.265 e. The molecule has 13 heteroatoms. The fraction of sp³-hybridized carbons (Fsp3) is 0.394. The van der Waals surface area contributed by atoms with E-state index in [2.05, 4.69) is 21.2 Å². The SMILES string of the molecule is COc1ccc(S(=O)(=O)N(CC(=O)N(Cc2cccc(Br)c2)[C@H](C)C(=O)NC2CCCCC2)c2cc(Cl)ccc2OC)cc1OC. The molecule has 0 unspecified atom stereocenters. The third-order valence-corrected chi connectivity index (χ3v) is 10.5. The fourth-order valence-electron chi connectivity index (χ4n) is 5.46. The average Bonchev–Trinajstić information content (AvgIpc) is 3.05. The third-order valence-electron chi connectivity index (χ3n) is 7.99. The summed E-state index contributed by atoms with van der Waals surface area (Å²) in [6, 6.07) is 15.2. The molecule has 1 fully saturated rings. The minimum Gasteiger partial charge on any atom is -0.495 e. The van der Waals surface area contributed by atoms with Crippen LogP contribution in [0.15, 0.2) is 70.0 Å². The zero-order chi connectivity index (χ0) is 33.4. The van der Waals surface area contributed by atoms with Crippen molar-refractivity contribution in [2.45, 2.75) is 62.6 Å². The van der Waals surface area contributed by atoms with Gasteiger partial charge in [0.1, 0.15) is 18.3 Å². The number of anilines is 1. The predicted molar refractivity (Wildman–Crippen MR) is 181 cm³/mol. The molecule has 1 aliphatic rings. The molecule has 0 aliphatic heterocycles. The Morgan fingerprint density at radius 2 is 1.61 bits per heavy atom. The van der Waals surface area contributed by atoms with Gasteiger partial charge < -0.3 is 24.4 Å². The lowest BCUT2D eigenvalue weighted by molar-refractivity contribution is -0.139. The van der Waals surface area contributed by atoms with Gasteiger partial charge in [0, 0.05) is 28.1 Å². The van der Waals surface area contributed by atoms with Crippen molar-refractivity contribution in [1.29, 1.82) is 0 Å². The number of carbonyl (C=O) groups excluding carboxylic acids is 2. The van der Waals surface area contributed by atoms with Crippen LogP contribution in [-0.2, 0) is 26.2 Å². The van der Waals surface area contributed by atoms with Crippen molar-refractivity contribution >= 4 is 55.1 Å². The zero-order valence-electron chi connectivity index (χ0n) is 26.3. The highest BCUT2D eigenvalue weighted by Gasteiger charge is 2.35. The molecule has 1 atom stereocenters. The number of methoxy groups -OCH3 is 3. The lowest BCUT2D eigenvalue weighted by Gasteiger charge is -2.33. The number of nitrogens with one attached hydrogen (secondary N) is 1. The lowest BCUT2D eigenvalue weighted by atomic mass is 9.95. The molecule has 0 bridgehead atoms. The van der Waals surface area contributed by atoms with E-state index in [0.717, 1.165) is 46.4 Å². The Hall–Kier alpha value is -3.48. The second kappa shape index (κ2) is 15.9. The summed E-state index contributed by atoms with van der Waals surface area (Å²) in [5, 5.41) is 3.34. The van der Waals surface area contributed by atoms with Crippen LogP contribution in [0.5, 0.6) is 17.2 Å². The van der Waals surface area contributed by atoms with Crippen LogP contribution < -0.4 is 23.8 Å². The van der Waals surface area contributed by atoms with Crippen molar-refractivity contribution < 1.29 is 32.2 Å². The molecule has 0 radical (unpaired) electrons. The highest BCUT2D eigenvalue weighted by atomic mass is 79.9. The Kier molecular flexibility index (Phi) is 12.2. The lowest BCUT2D eigenvalue weighted by Crippen LogP contribution is -2.53. The molecule has 0 aromatic heterocycles. The van der Waals surface area contributed by atoms with E-state index in [-0.39, 0.29) is 45.6 Å². The first-order valence-electron chi connectivity index (χ1n) is 14.9. The number of sulfonamides is 1. The van der Waals surface area contributed by atoms with Gasteiger partial charge in [-0.3, -0.25) is 13.9 Å². The summed E-state index contributed by atoms with van der Waals surface area (Å²) in [4.78, 5) is 29.2. The standard InChI is InChI=1S/C33H39BrClN3O7S/c1-22(33(40)36-26-11-6-5-7-12-26)37(20-23-9-8-10-24(34)17-23)32(39)21-38(28-18-25(35)13-15-29(28)43-2)46(41,42)27-14-16-30(44-3)31(19-27)45-4/h8-10,13-19,22,26H,5-7,11-12,20-21H2,1-4H3,(H,36,40)/t22-/m1/s1. The third kappa shape index (κ3) is 8.45. The molecule has 0 saturated heterocycles. The summed E-state index contributed by atoms with van der Waals surface area (Å²) in [7, 11) is -0.197. The first kappa shape index (κ1) is 35.4. The number of ether oxygens (including phenoxy) is 3. The second-order valence-electron chi connectivity index (χ2n) is 11.0. The Bertz CT molecular complexity index is 1650. The molecule has 2 amide bonds. The van der Waals surface area contributed by atoms with Crippen LogP contribution in [0.4, 0.5) is 5.69 Å². The molecule has 1 aliphatic carbocycles. The van der Waals surface area contributed by atoms with Crippen LogP contribution in [0.2, 0.25) is 5.02 Å². The number of rotatable bonds is 13. The van der Waals surface area contributed by atoms with Crippen LogP contribution in [0.25, 0.3) is 0 Å². The van der Waals surface area contributed by atoms with E-state index in [1.165, 1.54) is 56.6 Å². The van der Waals surface area contributed by atoms with Gasteiger partial charge >= 0.3 is 0 Å². The smallest absolute Gasteiger partial charge is 0.265 e. The molecule has 1 saturated carbocycles. The Morgan fingerprint density at radius 1 is 0.935 bits per heavy atom. The van der Waals surface area contributed by atoms with Crippen LogP contribution >= 0.6 is 27.5 Å². The molecule has 0 spiro atoms. The predicted octanol–water partition coefficient (Wildman–Crippen LogP) is 6.19. The van der Waals surface area contributed by atoms with Gasteiger partial charge in [0.05, 0.1) is 31.9 Å². The first-order valence-corrected chi connectivity index (χ1v) is 17.5. The van der Waals surface area contributed by atoms with E-state index in [4.69, 9.17) is 25.8 Å². The normalized spacial score (nSPS) is 14.2. The monoisotopic (exact) mass is 735 g/mol. The number of nitrogens with zero attached hydrogens (tertiary/aromatic N) is 2. The number of carbonyl (C=O) groups is 2. The zero-order valence-corrected chi connectivity index (χ0v) is 29.5. The van der Waals surface area contributed by atoms with Gasteiger partial charge in [-0.05, 0) is 67.8 Å². The quantitative estimate of drug-likeness (QED) is 0.223. The van der Waals surface area contributed by atoms with E-state index in [0.29, 0.717) is 5.75 Å². The van der Waals surface area contributed by atoms with Crippen molar-refractivity contribution in [2.24, 2.45) is 0 Å². The summed E-state index contributed by atoms with van der Waals surface area (Å²) >= 11 is 9.81. The van der Waals surface area contributed by atoms with E-state index < -0.39 is 28.5 Å². The van der Waals surface area contributed by atoms with Crippen LogP contribution in [0.1, 0.15) is 44.6 Å². The van der Waals surface area contributed by atoms with E-state index in [1.54, 1.807) is 13.0 Å². The molecule has 46 heavy (non-hydrogen) atoms. The number of amides is 2. The number of hydrogen-bond acceptors (Lipinski definition) is 7. The van der Waals surface area contributed by atoms with Gasteiger partial charge in [-0.1, -0.05) is 58.9 Å². The number of benzene rings is 3. The van der Waals surface area contributed by atoms with Gasteiger partial charge in [0.15, 0.2) is 11.5 Å². The van der Waals surface area contributed by atoms with Crippen LogP contribution in [-0.4, -0.2) is 65.1 Å². The topological polar surface area (TPSA) is 114 Å². The van der Waals surface area contributed by atoms with Crippen molar-refractivity contribution in [2.75, 3.05) is 32.2 Å². The highest BCUT2D eigenvalue weighted by Crippen LogP contribution is 2.37. The number of halogens is 2. The molecule has 248 valence electrons. The van der Waals surface area contributed by atoms with Crippen molar-refractivity contribution in [3.63, 3.8) is 0 Å². The minimum atomic E-state index is -4.43. The highest BCUT2D eigenvalue weighted by molar-refractivity contribution is 9.10. The van der Waals surface area contributed by atoms with Gasteiger partial charge in [-0.2, -0.15) is 0 Å². The molecule has 1 N–H and O–H groups in total. The van der Waals surface area contributed by atoms with Gasteiger partial charge in [-0.15, -0.1) is 0 Å². The van der Waals surface area contributed by atoms with E-state index in [9.17, 15) is 18.0 Å². The molecule has 3 aromatic rings. The van der Waals surface area contributed by atoms with Crippen molar-refractivity contribution in [3.8, 4) is 17.2 Å². The summed E-state index contributed by atoms with van der Waals surface area (Å²) in [5.41, 5.74) is 0.814. The first-order chi connectivity index (χ1) is 22.0. The largest absolute Gasteiger partial charge is 0.495 e. The Balaban J connectivity index is 1.77. The molecule has 0 heterocycles. The van der Waals surface area contributed by atoms with E-state index in [1.807, 2.05) is 24.3 Å². The fourth-order valence-corrected chi connectivity index (χ4v) is 7.50. The maximum atomic E-state index is 14.4. The van der Waals surface area contributed by atoms with Crippen LogP contribution in [0, 0.1) is 0 Å². The van der Waals surface area contributed by atoms with Gasteiger partial charge in [0.2, 0.25) is 11.8 Å². The summed E-state index contributed by atoms with van der Waals surface area (Å²) < 4.78 is 46.7. The summed E-state index contributed by atoms with van der Waals surface area (Å²) in [6.45, 7) is 1.07. The Morgan fingerprint density at radius 3 is 2.26 bits per heavy atom. The minimum absolute atomic E-state index is 0.0316. The van der Waals surface area contributed by atoms with Gasteiger partial charge in [-0.25, -0.2) is 8.42 Å². The average molecular weight is 737 g/mol. The van der Waals surface area contributed by atoms with E-state index >= 15 is 0 Å². The molecular weight excluding hydrogens is 698 g/mol. The summed E-state index contributed by atoms with van der Waals surface area (Å²) in [5.74, 6) is -0.190. The van der Waals surface area contributed by atoms with Crippen LogP contribution in [0.3, 0.4) is 0 Å². The molecule has 10 nitrogen and oxygen atoms in total.